The van der Waals surface area contributed by atoms with Crippen molar-refractivity contribution in [3.05, 3.63) is 65.9 Å². The Morgan fingerprint density at radius 1 is 1.17 bits per heavy atom. The number of nitrogens with one attached hydrogen (secondary N) is 2. The minimum atomic E-state index is -3.70. The van der Waals surface area contributed by atoms with Crippen LogP contribution >= 0.6 is 11.3 Å². The normalized spacial score (nSPS) is 11.5. The lowest BCUT2D eigenvalue weighted by Gasteiger charge is -2.07. The predicted octanol–water partition coefficient (Wildman–Crippen LogP) is 2.89. The number of rotatable bonds is 6. The molecule has 1 amide bonds. The highest BCUT2D eigenvalue weighted by Crippen LogP contribution is 2.26. The molecule has 8 nitrogen and oxygen atoms in total. The molecule has 1 aromatic carbocycles. The van der Waals surface area contributed by atoms with Crippen molar-refractivity contribution in [2.75, 3.05) is 4.72 Å². The Hall–Kier alpha value is -3.24. The maximum absolute atomic E-state index is 12.6. The van der Waals surface area contributed by atoms with Gasteiger partial charge in [0.2, 0.25) is 11.7 Å². The smallest absolute Gasteiger partial charge is 0.271 e. The third kappa shape index (κ3) is 4.28. The van der Waals surface area contributed by atoms with E-state index >= 15 is 0 Å². The van der Waals surface area contributed by atoms with E-state index in [1.807, 2.05) is 22.9 Å². The zero-order valence-corrected chi connectivity index (χ0v) is 17.0. The van der Waals surface area contributed by atoms with Gasteiger partial charge in [-0.1, -0.05) is 12.1 Å². The number of carbonyl (C=O) groups excluding carboxylic acids is 1. The summed E-state index contributed by atoms with van der Waals surface area (Å²) in [5, 5.41) is 2.65. The van der Waals surface area contributed by atoms with Crippen molar-refractivity contribution in [1.82, 2.24) is 19.7 Å². The minimum Gasteiger partial charge on any atom is -0.351 e. The summed E-state index contributed by atoms with van der Waals surface area (Å²) in [7, 11) is -3.70. The summed E-state index contributed by atoms with van der Waals surface area (Å²) in [5.41, 5.74) is 2.05. The lowest BCUT2D eigenvalue weighted by molar-refractivity contribution is -0.119. The molecule has 4 rings (SSSR count). The van der Waals surface area contributed by atoms with Crippen LogP contribution in [-0.2, 0) is 21.4 Å². The number of imidazole rings is 1. The maximum Gasteiger partial charge on any atom is 0.271 e. The Morgan fingerprint density at radius 2 is 1.97 bits per heavy atom. The van der Waals surface area contributed by atoms with Crippen LogP contribution in [0.2, 0.25) is 0 Å². The van der Waals surface area contributed by atoms with Crippen LogP contribution in [0.5, 0.6) is 0 Å². The predicted molar refractivity (Wildman–Crippen MR) is 111 cm³/mol. The van der Waals surface area contributed by atoms with E-state index in [0.29, 0.717) is 18.0 Å². The van der Waals surface area contributed by atoms with Gasteiger partial charge >= 0.3 is 0 Å². The molecule has 3 aromatic heterocycles. The van der Waals surface area contributed by atoms with Crippen molar-refractivity contribution in [3.8, 4) is 11.3 Å². The number of hydrogen-bond donors (Lipinski definition) is 2. The van der Waals surface area contributed by atoms with Crippen LogP contribution in [0.4, 0.5) is 5.69 Å². The highest BCUT2D eigenvalue weighted by Gasteiger charge is 2.17. The summed E-state index contributed by atoms with van der Waals surface area (Å²) in [6, 6.07) is 12.0. The Labute approximate surface area is 171 Å². The molecule has 4 aromatic rings. The molecule has 2 N–H and O–H groups in total. The summed E-state index contributed by atoms with van der Waals surface area (Å²) in [4.78, 5) is 20.4. The number of anilines is 1. The number of carbonyl (C=O) groups is 1. The van der Waals surface area contributed by atoms with E-state index < -0.39 is 10.0 Å². The number of aromatic nitrogens is 3. The molecular weight excluding hydrogens is 410 g/mol. The summed E-state index contributed by atoms with van der Waals surface area (Å²) in [5.74, 6) is 0.433. The zero-order chi connectivity index (χ0) is 20.4. The van der Waals surface area contributed by atoms with Gasteiger partial charge in [0, 0.05) is 41.6 Å². The van der Waals surface area contributed by atoms with E-state index in [-0.39, 0.29) is 10.1 Å². The van der Waals surface area contributed by atoms with E-state index in [1.54, 1.807) is 36.5 Å². The van der Waals surface area contributed by atoms with Crippen molar-refractivity contribution < 1.29 is 13.2 Å². The van der Waals surface area contributed by atoms with Crippen molar-refractivity contribution in [1.29, 1.82) is 0 Å². The molecule has 0 spiro atoms. The van der Waals surface area contributed by atoms with Crippen molar-refractivity contribution in [2.24, 2.45) is 0 Å². The fourth-order valence-corrected chi connectivity index (χ4v) is 5.05. The number of sulfonamides is 1. The minimum absolute atomic E-state index is 0.164. The zero-order valence-electron chi connectivity index (χ0n) is 15.4. The van der Waals surface area contributed by atoms with Gasteiger partial charge in [0.1, 0.15) is 4.21 Å². The van der Waals surface area contributed by atoms with Gasteiger partial charge in [0.25, 0.3) is 10.0 Å². The summed E-state index contributed by atoms with van der Waals surface area (Å²) in [6.07, 6.45) is 5.41. The van der Waals surface area contributed by atoms with Gasteiger partial charge in [-0.15, -0.1) is 11.3 Å². The van der Waals surface area contributed by atoms with Crippen LogP contribution in [0.15, 0.2) is 65.3 Å². The van der Waals surface area contributed by atoms with Gasteiger partial charge < -0.3 is 5.32 Å². The van der Waals surface area contributed by atoms with Gasteiger partial charge in [-0.05, 0) is 30.3 Å². The quantitative estimate of drug-likeness (QED) is 0.492. The molecule has 29 heavy (non-hydrogen) atoms. The van der Waals surface area contributed by atoms with Crippen LogP contribution < -0.4 is 10.0 Å². The fraction of sp³-hybridized carbons (Fsp3) is 0.105. The molecule has 3 heterocycles. The van der Waals surface area contributed by atoms with Gasteiger partial charge in [-0.3, -0.25) is 13.9 Å². The number of nitrogens with zero attached hydrogens (tertiary/aromatic N) is 3. The number of amides is 1. The second kappa shape index (κ2) is 7.64. The first-order valence-electron chi connectivity index (χ1n) is 8.67. The number of benzene rings is 1. The van der Waals surface area contributed by atoms with Crippen LogP contribution in [0.3, 0.4) is 0 Å². The molecular formula is C19H17N5O3S2. The summed E-state index contributed by atoms with van der Waals surface area (Å²) >= 11 is 1.12. The SMILES string of the molecule is CC(=O)NCc1ccc(S(=O)(=O)Nc2ccc(-c3cn4cccnc4n3)cc2)s1. The van der Waals surface area contributed by atoms with Crippen molar-refractivity contribution in [3.63, 3.8) is 0 Å². The molecule has 0 aliphatic carbocycles. The number of fused-ring (bicyclic) bond motifs is 1. The van der Waals surface area contributed by atoms with E-state index in [0.717, 1.165) is 27.5 Å². The molecule has 0 unspecified atom stereocenters. The Bertz CT molecular complexity index is 1240. The number of hydrogen-bond acceptors (Lipinski definition) is 6. The summed E-state index contributed by atoms with van der Waals surface area (Å²) < 4.78 is 29.8. The molecule has 0 aliphatic rings. The highest BCUT2D eigenvalue weighted by atomic mass is 32.2. The van der Waals surface area contributed by atoms with E-state index in [9.17, 15) is 13.2 Å². The van der Waals surface area contributed by atoms with Crippen molar-refractivity contribution >= 4 is 38.7 Å². The monoisotopic (exact) mass is 427 g/mol. The van der Waals surface area contributed by atoms with E-state index in [4.69, 9.17) is 0 Å². The topological polar surface area (TPSA) is 105 Å². The Balaban J connectivity index is 1.49. The first-order valence-corrected chi connectivity index (χ1v) is 11.0. The first-order chi connectivity index (χ1) is 13.9. The Kier molecular flexibility index (Phi) is 5.03. The molecule has 148 valence electrons. The maximum atomic E-state index is 12.6. The molecule has 0 aliphatic heterocycles. The average molecular weight is 428 g/mol. The molecule has 0 atom stereocenters. The lowest BCUT2D eigenvalue weighted by Crippen LogP contribution is -2.18. The second-order valence-corrected chi connectivity index (χ2v) is 9.34. The van der Waals surface area contributed by atoms with Crippen molar-refractivity contribution in [2.45, 2.75) is 17.7 Å². The largest absolute Gasteiger partial charge is 0.351 e. The third-order valence-electron chi connectivity index (χ3n) is 4.08. The van der Waals surface area contributed by atoms with Crippen LogP contribution in [-0.4, -0.2) is 28.7 Å². The molecule has 0 fully saturated rings. The summed E-state index contributed by atoms with van der Waals surface area (Å²) in [6.45, 7) is 1.72. The van der Waals surface area contributed by atoms with Gasteiger partial charge in [-0.2, -0.15) is 0 Å². The van der Waals surface area contributed by atoms with E-state index in [2.05, 4.69) is 20.0 Å². The molecule has 10 heteroatoms. The molecule has 0 radical (unpaired) electrons. The molecule has 0 saturated carbocycles. The average Bonchev–Trinajstić information content (AvgIpc) is 3.34. The fourth-order valence-electron chi connectivity index (χ4n) is 2.69. The van der Waals surface area contributed by atoms with E-state index in [1.165, 1.54) is 13.0 Å². The van der Waals surface area contributed by atoms with Crippen LogP contribution in [0.25, 0.3) is 17.0 Å². The van der Waals surface area contributed by atoms with Crippen LogP contribution in [0, 0.1) is 0 Å². The van der Waals surface area contributed by atoms with Crippen LogP contribution in [0.1, 0.15) is 11.8 Å². The van der Waals surface area contributed by atoms with Gasteiger partial charge in [0.05, 0.1) is 12.2 Å². The van der Waals surface area contributed by atoms with Gasteiger partial charge in [0.15, 0.2) is 0 Å². The molecule has 0 saturated heterocycles. The highest BCUT2D eigenvalue weighted by molar-refractivity contribution is 7.94. The second-order valence-electron chi connectivity index (χ2n) is 6.27. The lowest BCUT2D eigenvalue weighted by atomic mass is 10.1. The molecule has 0 bridgehead atoms. The Morgan fingerprint density at radius 3 is 2.69 bits per heavy atom. The van der Waals surface area contributed by atoms with Gasteiger partial charge in [-0.25, -0.2) is 18.4 Å². The first kappa shape index (κ1) is 19.1. The standard InChI is InChI=1S/C19H17N5O3S2/c1-13(25)21-11-16-7-8-18(28-16)29(26,27)23-15-5-3-14(4-6-15)17-12-24-10-2-9-20-19(24)22-17/h2-10,12,23H,11H2,1H3,(H,21,25). The number of thiophene rings is 1. The third-order valence-corrected chi connectivity index (χ3v) is 7.04.